The molecule has 2 rings (SSSR count). The van der Waals surface area contributed by atoms with Crippen LogP contribution in [0.15, 0.2) is 23.1 Å². The molecule has 0 saturated carbocycles. The van der Waals surface area contributed by atoms with Crippen LogP contribution in [-0.2, 0) is 24.3 Å². The molecule has 1 aromatic rings. The number of rotatable bonds is 7. The van der Waals surface area contributed by atoms with Crippen LogP contribution in [0.5, 0.6) is 0 Å². The molecule has 1 fully saturated rings. The highest BCUT2D eigenvalue weighted by Crippen LogP contribution is 2.25. The van der Waals surface area contributed by atoms with Crippen LogP contribution < -0.4 is 10.6 Å². The van der Waals surface area contributed by atoms with Crippen LogP contribution in [0.1, 0.15) is 18.4 Å². The van der Waals surface area contributed by atoms with Crippen molar-refractivity contribution < 1.29 is 32.2 Å². The number of ether oxygens (including phenoxy) is 1. The first-order valence-electron chi connectivity index (χ1n) is 8.84. The molecule has 1 aliphatic heterocycles. The van der Waals surface area contributed by atoms with Gasteiger partial charge in [-0.15, -0.1) is 0 Å². The largest absolute Gasteiger partial charge is 0.396 e. The third kappa shape index (κ3) is 5.47. The third-order valence-corrected chi connectivity index (χ3v) is 6.19. The Balaban J connectivity index is 2.07. The zero-order valence-corrected chi connectivity index (χ0v) is 16.3. The normalized spacial score (nSPS) is 17.9. The molecule has 1 aliphatic rings. The Hall–Kier alpha value is -2.08. The maximum absolute atomic E-state index is 13.3. The lowest BCUT2D eigenvalue weighted by Gasteiger charge is -2.34. The number of sulfonamides is 1. The van der Waals surface area contributed by atoms with Gasteiger partial charge in [-0.3, -0.25) is 9.59 Å². The lowest BCUT2D eigenvalue weighted by atomic mass is 10.2. The fourth-order valence-corrected chi connectivity index (χ4v) is 4.53. The number of amides is 2. The van der Waals surface area contributed by atoms with Crippen LogP contribution in [0.3, 0.4) is 0 Å². The fraction of sp³-hybridized carbons (Fsp3) is 0.529. The number of carbonyl (C=O) groups is 2. The van der Waals surface area contributed by atoms with E-state index in [1.165, 1.54) is 13.0 Å². The average Bonchev–Trinajstić information content (AvgIpc) is 2.66. The van der Waals surface area contributed by atoms with Crippen molar-refractivity contribution in [1.82, 2.24) is 14.9 Å². The zero-order chi connectivity index (χ0) is 20.7. The van der Waals surface area contributed by atoms with Gasteiger partial charge in [-0.1, -0.05) is 0 Å². The van der Waals surface area contributed by atoms with Gasteiger partial charge in [0.05, 0.1) is 18.0 Å². The van der Waals surface area contributed by atoms with Crippen molar-refractivity contribution in [3.63, 3.8) is 0 Å². The van der Waals surface area contributed by atoms with E-state index in [-0.39, 0.29) is 36.7 Å². The van der Waals surface area contributed by atoms with Gasteiger partial charge < -0.3 is 20.5 Å². The molecule has 28 heavy (non-hydrogen) atoms. The van der Waals surface area contributed by atoms with Gasteiger partial charge in [-0.05, 0) is 43.5 Å². The predicted octanol–water partition coefficient (Wildman–Crippen LogP) is -0.514. The Morgan fingerprint density at radius 1 is 1.32 bits per heavy atom. The number of aryl methyl sites for hydroxylation is 1. The molecule has 11 heteroatoms. The topological polar surface area (TPSA) is 125 Å². The monoisotopic (exact) mass is 417 g/mol. The van der Waals surface area contributed by atoms with Crippen molar-refractivity contribution in [2.75, 3.05) is 32.8 Å². The van der Waals surface area contributed by atoms with Crippen molar-refractivity contribution in [2.45, 2.75) is 30.9 Å². The van der Waals surface area contributed by atoms with Crippen LogP contribution in [-0.4, -0.2) is 68.7 Å². The number of hydrogen-bond acceptors (Lipinski definition) is 6. The Morgan fingerprint density at radius 2 is 2.04 bits per heavy atom. The Bertz CT molecular complexity index is 817. The van der Waals surface area contributed by atoms with Crippen LogP contribution in [0.25, 0.3) is 0 Å². The molecule has 0 bridgehead atoms. The zero-order valence-electron chi connectivity index (χ0n) is 15.5. The first kappa shape index (κ1) is 22.2. The molecule has 1 saturated heterocycles. The Kier molecular flexibility index (Phi) is 7.87. The molecule has 0 radical (unpaired) electrons. The number of benzene rings is 1. The van der Waals surface area contributed by atoms with E-state index in [1.807, 2.05) is 0 Å². The van der Waals surface area contributed by atoms with Crippen molar-refractivity contribution in [3.05, 3.63) is 29.6 Å². The minimum absolute atomic E-state index is 0.0440. The molecule has 1 aromatic carbocycles. The van der Waals surface area contributed by atoms with E-state index in [0.717, 1.165) is 16.4 Å². The Labute approximate surface area is 162 Å². The van der Waals surface area contributed by atoms with Crippen molar-refractivity contribution in [1.29, 1.82) is 0 Å². The quantitative estimate of drug-likeness (QED) is 0.405. The highest BCUT2D eigenvalue weighted by atomic mass is 32.2. The van der Waals surface area contributed by atoms with Gasteiger partial charge in [-0.25, -0.2) is 12.8 Å². The van der Waals surface area contributed by atoms with Gasteiger partial charge in [0.15, 0.2) is 0 Å². The summed E-state index contributed by atoms with van der Waals surface area (Å²) < 4.78 is 45.9. The first-order chi connectivity index (χ1) is 13.3. The molecule has 1 heterocycles. The van der Waals surface area contributed by atoms with Crippen molar-refractivity contribution >= 4 is 21.8 Å². The summed E-state index contributed by atoms with van der Waals surface area (Å²) in [6, 6.07) is 3.39. The van der Waals surface area contributed by atoms with E-state index >= 15 is 0 Å². The lowest BCUT2D eigenvalue weighted by Crippen LogP contribution is -2.53. The van der Waals surface area contributed by atoms with Gasteiger partial charge >= 0.3 is 11.8 Å². The summed E-state index contributed by atoms with van der Waals surface area (Å²) in [5.74, 6) is -2.35. The summed E-state index contributed by atoms with van der Waals surface area (Å²) in [5, 5.41) is 13.4. The summed E-state index contributed by atoms with van der Waals surface area (Å²) >= 11 is 0. The molecule has 0 unspecified atom stereocenters. The highest BCUT2D eigenvalue weighted by Gasteiger charge is 2.35. The standard InChI is InChI=1S/C17H24FN3O6S/c1-12-10-13(18)4-5-14(12)28(25,26)21-7-3-9-27-15(21)11-20-17(24)16(23)19-6-2-8-22/h4-5,10,15,22H,2-3,6-9,11H2,1H3,(H,19,23)(H,20,24)/t15-/m1/s1. The number of nitrogens with zero attached hydrogens (tertiary/aromatic N) is 1. The number of nitrogens with one attached hydrogen (secondary N) is 2. The summed E-state index contributed by atoms with van der Waals surface area (Å²) in [6.45, 7) is 1.78. The van der Waals surface area contributed by atoms with E-state index < -0.39 is 33.9 Å². The van der Waals surface area contributed by atoms with Crippen LogP contribution in [0, 0.1) is 12.7 Å². The Morgan fingerprint density at radius 3 is 2.71 bits per heavy atom. The highest BCUT2D eigenvalue weighted by molar-refractivity contribution is 7.89. The second kappa shape index (κ2) is 9.92. The minimum Gasteiger partial charge on any atom is -0.396 e. The van der Waals surface area contributed by atoms with Gasteiger partial charge in [0.2, 0.25) is 10.0 Å². The molecule has 3 N–H and O–H groups in total. The molecule has 0 spiro atoms. The van der Waals surface area contributed by atoms with Gasteiger partial charge in [-0.2, -0.15) is 4.31 Å². The SMILES string of the molecule is Cc1cc(F)ccc1S(=O)(=O)N1CCCO[C@@H]1CNC(=O)C(=O)NCCCO. The van der Waals surface area contributed by atoms with Gasteiger partial charge in [0.25, 0.3) is 0 Å². The molecule has 0 aliphatic carbocycles. The first-order valence-corrected chi connectivity index (χ1v) is 10.3. The maximum Gasteiger partial charge on any atom is 0.309 e. The summed E-state index contributed by atoms with van der Waals surface area (Å²) in [7, 11) is -3.98. The number of aliphatic hydroxyl groups is 1. The summed E-state index contributed by atoms with van der Waals surface area (Å²) in [5.41, 5.74) is 0.261. The van der Waals surface area contributed by atoms with Gasteiger partial charge in [0.1, 0.15) is 12.0 Å². The molecule has 156 valence electrons. The summed E-state index contributed by atoms with van der Waals surface area (Å²) in [6.07, 6.45) is -0.211. The number of carbonyl (C=O) groups excluding carboxylic acids is 2. The van der Waals surface area contributed by atoms with E-state index in [9.17, 15) is 22.4 Å². The molecule has 1 atom stereocenters. The predicted molar refractivity (Wildman–Crippen MR) is 97.1 cm³/mol. The second-order valence-corrected chi connectivity index (χ2v) is 8.11. The number of halogens is 1. The van der Waals surface area contributed by atoms with Crippen molar-refractivity contribution in [2.24, 2.45) is 0 Å². The second-order valence-electron chi connectivity index (χ2n) is 6.25. The number of hydrogen-bond donors (Lipinski definition) is 3. The fourth-order valence-electron chi connectivity index (χ4n) is 2.75. The van der Waals surface area contributed by atoms with E-state index in [4.69, 9.17) is 9.84 Å². The molecule has 2 amide bonds. The van der Waals surface area contributed by atoms with Crippen molar-refractivity contribution in [3.8, 4) is 0 Å². The molecular weight excluding hydrogens is 393 g/mol. The molecule has 9 nitrogen and oxygen atoms in total. The number of aliphatic hydroxyl groups excluding tert-OH is 1. The van der Waals surface area contributed by atoms with Crippen LogP contribution in [0.4, 0.5) is 4.39 Å². The van der Waals surface area contributed by atoms with Gasteiger partial charge in [0, 0.05) is 19.7 Å². The smallest absolute Gasteiger partial charge is 0.309 e. The maximum atomic E-state index is 13.3. The van der Waals surface area contributed by atoms with Crippen LogP contribution >= 0.6 is 0 Å². The third-order valence-electron chi connectivity index (χ3n) is 4.14. The molecule has 0 aromatic heterocycles. The van der Waals surface area contributed by atoms with E-state index in [0.29, 0.717) is 19.4 Å². The van der Waals surface area contributed by atoms with Crippen LogP contribution in [0.2, 0.25) is 0 Å². The minimum atomic E-state index is -3.98. The van der Waals surface area contributed by atoms with E-state index in [1.54, 1.807) is 0 Å². The lowest BCUT2D eigenvalue weighted by molar-refractivity contribution is -0.140. The molecular formula is C17H24FN3O6S. The average molecular weight is 417 g/mol. The summed E-state index contributed by atoms with van der Waals surface area (Å²) in [4.78, 5) is 23.5. The van der Waals surface area contributed by atoms with E-state index in [2.05, 4.69) is 10.6 Å².